The first-order chi connectivity index (χ1) is 9.15. The van der Waals surface area contributed by atoms with E-state index in [9.17, 15) is 0 Å². The number of nitrogens with one attached hydrogen (secondary N) is 1. The molecule has 0 aromatic heterocycles. The summed E-state index contributed by atoms with van der Waals surface area (Å²) in [6.07, 6.45) is 10.0. The van der Waals surface area contributed by atoms with Crippen molar-refractivity contribution in [2.24, 2.45) is 11.8 Å². The fourth-order valence-electron chi connectivity index (χ4n) is 5.29. The van der Waals surface area contributed by atoms with E-state index in [1.165, 1.54) is 51.5 Å². The van der Waals surface area contributed by atoms with Gasteiger partial charge >= 0.3 is 0 Å². The zero-order chi connectivity index (χ0) is 13.4. The van der Waals surface area contributed by atoms with Gasteiger partial charge < -0.3 is 5.32 Å². The molecule has 1 aliphatic carbocycles. The van der Waals surface area contributed by atoms with E-state index in [0.717, 1.165) is 36.0 Å². The Morgan fingerprint density at radius 1 is 0.842 bits per heavy atom. The highest BCUT2D eigenvalue weighted by Gasteiger charge is 2.38. The van der Waals surface area contributed by atoms with Gasteiger partial charge in [0.05, 0.1) is 0 Å². The fourth-order valence-corrected chi connectivity index (χ4v) is 5.29. The van der Waals surface area contributed by atoms with Crippen LogP contribution in [0, 0.1) is 11.8 Å². The topological polar surface area (TPSA) is 15.3 Å². The molecule has 0 aromatic carbocycles. The lowest BCUT2D eigenvalue weighted by atomic mass is 9.79. The second-order valence-electron chi connectivity index (χ2n) is 7.66. The molecule has 3 rings (SSSR count). The molecule has 4 unspecified atom stereocenters. The van der Waals surface area contributed by atoms with Crippen LogP contribution in [0.4, 0.5) is 0 Å². The van der Waals surface area contributed by atoms with Crippen LogP contribution in [0.5, 0.6) is 0 Å². The van der Waals surface area contributed by atoms with Crippen LogP contribution in [0.25, 0.3) is 0 Å². The molecule has 2 aliphatic heterocycles. The van der Waals surface area contributed by atoms with Crippen molar-refractivity contribution in [3.63, 3.8) is 0 Å². The Morgan fingerprint density at radius 3 is 1.89 bits per heavy atom. The molecule has 2 saturated heterocycles. The van der Waals surface area contributed by atoms with Crippen molar-refractivity contribution in [3.05, 3.63) is 0 Å². The van der Waals surface area contributed by atoms with Gasteiger partial charge in [-0.2, -0.15) is 0 Å². The summed E-state index contributed by atoms with van der Waals surface area (Å²) in [6, 6.07) is 3.39. The molecule has 1 saturated carbocycles. The summed E-state index contributed by atoms with van der Waals surface area (Å²) >= 11 is 0. The van der Waals surface area contributed by atoms with E-state index in [2.05, 4.69) is 31.0 Å². The van der Waals surface area contributed by atoms with Crippen LogP contribution < -0.4 is 5.32 Å². The molecule has 2 nitrogen and oxygen atoms in total. The van der Waals surface area contributed by atoms with Gasteiger partial charge in [0.15, 0.2) is 0 Å². The summed E-state index contributed by atoms with van der Waals surface area (Å²) in [4.78, 5) is 2.89. The largest absolute Gasteiger partial charge is 0.311 e. The molecule has 110 valence electrons. The zero-order valence-electron chi connectivity index (χ0n) is 13.1. The number of piperidine rings is 1. The lowest BCUT2D eigenvalue weighted by Crippen LogP contribution is -2.52. The predicted octanol–water partition coefficient (Wildman–Crippen LogP) is 3.42. The van der Waals surface area contributed by atoms with Gasteiger partial charge in [0.2, 0.25) is 0 Å². The first kappa shape index (κ1) is 13.9. The van der Waals surface area contributed by atoms with Crippen molar-refractivity contribution in [2.45, 2.75) is 89.9 Å². The Labute approximate surface area is 119 Å². The molecule has 2 bridgehead atoms. The Bertz CT molecular complexity index is 280. The van der Waals surface area contributed by atoms with E-state index in [4.69, 9.17) is 0 Å². The normalized spacial score (nSPS) is 46.7. The van der Waals surface area contributed by atoms with Crippen molar-refractivity contribution >= 4 is 0 Å². The number of hydrogen-bond acceptors (Lipinski definition) is 2. The molecule has 3 aliphatic rings. The average Bonchev–Trinajstić information content (AvgIpc) is 2.68. The van der Waals surface area contributed by atoms with Crippen LogP contribution in [-0.4, -0.2) is 35.6 Å². The van der Waals surface area contributed by atoms with Crippen LogP contribution in [-0.2, 0) is 0 Å². The molecule has 2 heterocycles. The summed E-state index contributed by atoms with van der Waals surface area (Å²) in [5, 5.41) is 3.79. The predicted molar refractivity (Wildman–Crippen MR) is 81.3 cm³/mol. The third-order valence-corrected chi connectivity index (χ3v) is 5.90. The first-order valence-electron chi connectivity index (χ1n) is 8.67. The van der Waals surface area contributed by atoms with Crippen molar-refractivity contribution < 1.29 is 0 Å². The van der Waals surface area contributed by atoms with Gasteiger partial charge in [-0.1, -0.05) is 20.8 Å². The minimum atomic E-state index is 0.830. The van der Waals surface area contributed by atoms with Crippen molar-refractivity contribution in [2.75, 3.05) is 6.54 Å². The van der Waals surface area contributed by atoms with Crippen LogP contribution in [0.15, 0.2) is 0 Å². The molecular weight excluding hydrogens is 232 g/mol. The first-order valence-corrected chi connectivity index (χ1v) is 8.67. The maximum Gasteiger partial charge on any atom is 0.0128 e. The summed E-state index contributed by atoms with van der Waals surface area (Å²) in [7, 11) is 0. The van der Waals surface area contributed by atoms with Crippen LogP contribution in [0.3, 0.4) is 0 Å². The summed E-state index contributed by atoms with van der Waals surface area (Å²) in [5.41, 5.74) is 0. The van der Waals surface area contributed by atoms with Crippen molar-refractivity contribution in [1.82, 2.24) is 10.2 Å². The molecule has 1 N–H and O–H groups in total. The van der Waals surface area contributed by atoms with E-state index in [1.807, 2.05) is 0 Å². The second kappa shape index (κ2) is 5.73. The molecule has 0 aromatic rings. The average molecular weight is 264 g/mol. The summed E-state index contributed by atoms with van der Waals surface area (Å²) in [5.74, 6) is 1.86. The zero-order valence-corrected chi connectivity index (χ0v) is 13.1. The molecule has 4 atom stereocenters. The van der Waals surface area contributed by atoms with Gasteiger partial charge in [0.25, 0.3) is 0 Å². The molecule has 0 radical (unpaired) electrons. The molecule has 0 spiro atoms. The number of fused-ring (bicyclic) bond motifs is 2. The van der Waals surface area contributed by atoms with Gasteiger partial charge in [-0.25, -0.2) is 0 Å². The van der Waals surface area contributed by atoms with Gasteiger partial charge in [-0.05, 0) is 63.3 Å². The SMILES string of the molecule is CCN(C1CC(C)CC(C)C1)C1CC2CCC(C1)N2. The fraction of sp³-hybridized carbons (Fsp3) is 1.00. The van der Waals surface area contributed by atoms with Gasteiger partial charge in [-0.15, -0.1) is 0 Å². The highest BCUT2D eigenvalue weighted by Crippen LogP contribution is 2.36. The van der Waals surface area contributed by atoms with E-state index in [1.54, 1.807) is 0 Å². The minimum Gasteiger partial charge on any atom is -0.311 e. The lowest BCUT2D eigenvalue weighted by Gasteiger charge is -2.45. The van der Waals surface area contributed by atoms with E-state index < -0.39 is 0 Å². The van der Waals surface area contributed by atoms with E-state index in [-0.39, 0.29) is 0 Å². The van der Waals surface area contributed by atoms with Crippen molar-refractivity contribution in [1.29, 1.82) is 0 Å². The third-order valence-electron chi connectivity index (χ3n) is 5.90. The number of rotatable bonds is 3. The molecular formula is C17H32N2. The lowest BCUT2D eigenvalue weighted by molar-refractivity contribution is 0.0528. The van der Waals surface area contributed by atoms with Gasteiger partial charge in [0, 0.05) is 24.2 Å². The molecule has 0 amide bonds. The van der Waals surface area contributed by atoms with Gasteiger partial charge in [-0.3, -0.25) is 4.90 Å². The maximum atomic E-state index is 3.79. The Hall–Kier alpha value is -0.0800. The summed E-state index contributed by atoms with van der Waals surface area (Å²) < 4.78 is 0. The molecule has 3 fully saturated rings. The molecule has 2 heteroatoms. The monoisotopic (exact) mass is 264 g/mol. The van der Waals surface area contributed by atoms with Gasteiger partial charge in [0.1, 0.15) is 0 Å². The maximum absolute atomic E-state index is 3.79. The minimum absolute atomic E-state index is 0.830. The number of hydrogen-bond donors (Lipinski definition) is 1. The quantitative estimate of drug-likeness (QED) is 0.840. The number of nitrogens with zero attached hydrogens (tertiary/aromatic N) is 1. The highest BCUT2D eigenvalue weighted by molar-refractivity contribution is 4.97. The Morgan fingerprint density at radius 2 is 1.37 bits per heavy atom. The Balaban J connectivity index is 1.66. The molecule has 19 heavy (non-hydrogen) atoms. The van der Waals surface area contributed by atoms with Crippen LogP contribution in [0.2, 0.25) is 0 Å². The van der Waals surface area contributed by atoms with Crippen LogP contribution >= 0.6 is 0 Å². The smallest absolute Gasteiger partial charge is 0.0128 e. The van der Waals surface area contributed by atoms with E-state index in [0.29, 0.717) is 0 Å². The third kappa shape index (κ3) is 3.00. The van der Waals surface area contributed by atoms with Crippen LogP contribution in [0.1, 0.15) is 65.7 Å². The summed E-state index contributed by atoms with van der Waals surface area (Å²) in [6.45, 7) is 8.56. The standard InChI is InChI=1S/C17H32N2/c1-4-19(16-8-12(2)7-13(3)9-16)17-10-14-5-6-15(11-17)18-14/h12-18H,4-11H2,1-3H3. The Kier molecular flexibility index (Phi) is 4.19. The highest BCUT2D eigenvalue weighted by atomic mass is 15.2. The van der Waals surface area contributed by atoms with Crippen molar-refractivity contribution in [3.8, 4) is 0 Å². The van der Waals surface area contributed by atoms with E-state index >= 15 is 0 Å². The second-order valence-corrected chi connectivity index (χ2v) is 7.66.